The highest BCUT2D eigenvalue weighted by Gasteiger charge is 2.09. The van der Waals surface area contributed by atoms with E-state index in [9.17, 15) is 4.79 Å². The fourth-order valence-electron chi connectivity index (χ4n) is 1.46. The first kappa shape index (κ1) is 9.51. The Morgan fingerprint density at radius 3 is 3.00 bits per heavy atom. The molecule has 0 unspecified atom stereocenters. The molecule has 78 valence electrons. The van der Waals surface area contributed by atoms with Crippen LogP contribution in [0.1, 0.15) is 16.2 Å². The number of imidazole rings is 1. The Hall–Kier alpha value is -2.04. The molecule has 5 nitrogen and oxygen atoms in total. The Bertz CT molecular complexity index is 484. The van der Waals surface area contributed by atoms with Gasteiger partial charge in [-0.15, -0.1) is 0 Å². The van der Waals surface area contributed by atoms with E-state index >= 15 is 0 Å². The first-order valence-corrected chi connectivity index (χ1v) is 4.52. The molecular formula is C10H11N3O2. The average molecular weight is 205 g/mol. The van der Waals surface area contributed by atoms with Gasteiger partial charge in [0.05, 0.1) is 18.6 Å². The van der Waals surface area contributed by atoms with Gasteiger partial charge in [0.2, 0.25) is 0 Å². The van der Waals surface area contributed by atoms with Crippen LogP contribution >= 0.6 is 0 Å². The number of carboxylic acid groups (broad SMARTS) is 1. The zero-order valence-electron chi connectivity index (χ0n) is 8.29. The summed E-state index contributed by atoms with van der Waals surface area (Å²) in [5, 5.41) is 8.91. The monoisotopic (exact) mass is 205 g/mol. The van der Waals surface area contributed by atoms with E-state index in [1.807, 2.05) is 11.6 Å². The Balaban J connectivity index is 2.28. The van der Waals surface area contributed by atoms with Gasteiger partial charge in [-0.05, 0) is 12.1 Å². The summed E-state index contributed by atoms with van der Waals surface area (Å²) >= 11 is 0. The molecule has 0 aromatic carbocycles. The van der Waals surface area contributed by atoms with E-state index in [-0.39, 0.29) is 5.69 Å². The maximum absolute atomic E-state index is 10.9. The summed E-state index contributed by atoms with van der Waals surface area (Å²) in [6.45, 7) is 0.519. The number of nitrogens with zero attached hydrogens (tertiary/aromatic N) is 3. The third-order valence-electron chi connectivity index (χ3n) is 2.30. The third-order valence-corrected chi connectivity index (χ3v) is 2.30. The first-order chi connectivity index (χ1) is 7.18. The van der Waals surface area contributed by atoms with Crippen LogP contribution in [0.2, 0.25) is 0 Å². The number of hydrogen-bond donors (Lipinski definition) is 1. The summed E-state index contributed by atoms with van der Waals surface area (Å²) in [7, 11) is 1.88. The third kappa shape index (κ3) is 1.76. The van der Waals surface area contributed by atoms with Gasteiger partial charge in [-0.1, -0.05) is 0 Å². The molecule has 0 fully saturated rings. The van der Waals surface area contributed by atoms with Gasteiger partial charge in [0, 0.05) is 19.4 Å². The normalized spacial score (nSPS) is 10.5. The highest BCUT2D eigenvalue weighted by molar-refractivity contribution is 5.85. The van der Waals surface area contributed by atoms with Crippen molar-refractivity contribution in [2.75, 3.05) is 0 Å². The maximum Gasteiger partial charge on any atom is 0.352 e. The molecule has 2 rings (SSSR count). The minimum atomic E-state index is -0.915. The van der Waals surface area contributed by atoms with E-state index in [1.54, 1.807) is 35.4 Å². The van der Waals surface area contributed by atoms with Gasteiger partial charge >= 0.3 is 5.97 Å². The minimum absolute atomic E-state index is 0.288. The molecule has 0 radical (unpaired) electrons. The number of aromatic carboxylic acids is 1. The van der Waals surface area contributed by atoms with E-state index in [0.717, 1.165) is 5.69 Å². The second-order valence-corrected chi connectivity index (χ2v) is 3.32. The van der Waals surface area contributed by atoms with Gasteiger partial charge in [-0.2, -0.15) is 0 Å². The summed E-state index contributed by atoms with van der Waals surface area (Å²) < 4.78 is 3.55. The lowest BCUT2D eigenvalue weighted by Crippen LogP contribution is -2.10. The van der Waals surface area contributed by atoms with Crippen molar-refractivity contribution in [3.05, 3.63) is 42.2 Å². The highest BCUT2D eigenvalue weighted by Crippen LogP contribution is 2.06. The molecule has 0 aliphatic rings. The quantitative estimate of drug-likeness (QED) is 0.812. The van der Waals surface area contributed by atoms with Crippen molar-refractivity contribution in [1.29, 1.82) is 0 Å². The van der Waals surface area contributed by atoms with Crippen molar-refractivity contribution in [3.8, 4) is 0 Å². The molecule has 0 amide bonds. The van der Waals surface area contributed by atoms with Gasteiger partial charge in [-0.3, -0.25) is 0 Å². The van der Waals surface area contributed by atoms with Crippen molar-refractivity contribution in [3.63, 3.8) is 0 Å². The number of carbonyl (C=O) groups is 1. The smallest absolute Gasteiger partial charge is 0.352 e. The van der Waals surface area contributed by atoms with E-state index in [1.165, 1.54) is 0 Å². The lowest BCUT2D eigenvalue weighted by atomic mass is 10.4. The Morgan fingerprint density at radius 1 is 1.60 bits per heavy atom. The summed E-state index contributed by atoms with van der Waals surface area (Å²) in [4.78, 5) is 14.8. The van der Waals surface area contributed by atoms with Crippen LogP contribution in [0.4, 0.5) is 0 Å². The van der Waals surface area contributed by atoms with Crippen molar-refractivity contribution < 1.29 is 9.90 Å². The largest absolute Gasteiger partial charge is 0.477 e. The molecular weight excluding hydrogens is 194 g/mol. The predicted octanol–water partition coefficient (Wildman–Crippen LogP) is 0.968. The molecule has 0 bridgehead atoms. The molecule has 0 aliphatic carbocycles. The number of hydrogen-bond acceptors (Lipinski definition) is 2. The molecule has 0 atom stereocenters. The molecule has 2 heterocycles. The van der Waals surface area contributed by atoms with Crippen LogP contribution in [0.15, 0.2) is 30.9 Å². The fourth-order valence-corrected chi connectivity index (χ4v) is 1.46. The molecule has 2 aromatic rings. The molecule has 0 saturated heterocycles. The minimum Gasteiger partial charge on any atom is -0.477 e. The molecule has 5 heteroatoms. The second-order valence-electron chi connectivity index (χ2n) is 3.32. The van der Waals surface area contributed by atoms with Gasteiger partial charge in [-0.25, -0.2) is 9.78 Å². The number of rotatable bonds is 3. The van der Waals surface area contributed by atoms with Crippen LogP contribution < -0.4 is 0 Å². The molecule has 15 heavy (non-hydrogen) atoms. The van der Waals surface area contributed by atoms with E-state index in [0.29, 0.717) is 6.54 Å². The standard InChI is InChI=1S/C10H11N3O2/c1-12-7-11-5-8(12)6-13-4-2-3-9(13)10(14)15/h2-5,7H,6H2,1H3,(H,14,15). The zero-order valence-corrected chi connectivity index (χ0v) is 8.29. The number of aromatic nitrogens is 3. The van der Waals surface area contributed by atoms with Crippen LogP contribution in [0.5, 0.6) is 0 Å². The van der Waals surface area contributed by atoms with E-state index < -0.39 is 5.97 Å². The van der Waals surface area contributed by atoms with E-state index in [2.05, 4.69) is 4.98 Å². The van der Waals surface area contributed by atoms with Crippen molar-refractivity contribution in [2.45, 2.75) is 6.54 Å². The van der Waals surface area contributed by atoms with Crippen molar-refractivity contribution in [1.82, 2.24) is 14.1 Å². The molecule has 0 saturated carbocycles. The highest BCUT2D eigenvalue weighted by atomic mass is 16.4. The van der Waals surface area contributed by atoms with Crippen molar-refractivity contribution in [2.24, 2.45) is 7.05 Å². The van der Waals surface area contributed by atoms with Gasteiger partial charge in [0.25, 0.3) is 0 Å². The maximum atomic E-state index is 10.9. The lowest BCUT2D eigenvalue weighted by molar-refractivity contribution is 0.0685. The molecule has 1 N–H and O–H groups in total. The Morgan fingerprint density at radius 2 is 2.40 bits per heavy atom. The van der Waals surface area contributed by atoms with Gasteiger partial charge in [0.15, 0.2) is 0 Å². The zero-order chi connectivity index (χ0) is 10.8. The van der Waals surface area contributed by atoms with E-state index in [4.69, 9.17) is 5.11 Å². The van der Waals surface area contributed by atoms with Crippen LogP contribution in [0, 0.1) is 0 Å². The summed E-state index contributed by atoms with van der Waals surface area (Å²) in [6.07, 6.45) is 5.17. The molecule has 0 spiro atoms. The molecule has 2 aromatic heterocycles. The predicted molar refractivity (Wildman–Crippen MR) is 53.7 cm³/mol. The SMILES string of the molecule is Cn1cncc1Cn1cccc1C(=O)O. The number of carboxylic acids is 1. The first-order valence-electron chi connectivity index (χ1n) is 4.52. The fraction of sp³-hybridized carbons (Fsp3) is 0.200. The van der Waals surface area contributed by atoms with Crippen LogP contribution in [0.3, 0.4) is 0 Å². The Kier molecular flexibility index (Phi) is 2.29. The van der Waals surface area contributed by atoms with Crippen LogP contribution in [0.25, 0.3) is 0 Å². The summed E-state index contributed by atoms with van der Waals surface area (Å²) in [5.74, 6) is -0.915. The average Bonchev–Trinajstić information content (AvgIpc) is 2.77. The topological polar surface area (TPSA) is 60.0 Å². The van der Waals surface area contributed by atoms with Crippen LogP contribution in [-0.4, -0.2) is 25.2 Å². The van der Waals surface area contributed by atoms with Crippen LogP contribution in [-0.2, 0) is 13.6 Å². The lowest BCUT2D eigenvalue weighted by Gasteiger charge is -2.06. The van der Waals surface area contributed by atoms with Gasteiger partial charge < -0.3 is 14.2 Å². The molecule has 0 aliphatic heterocycles. The van der Waals surface area contributed by atoms with Gasteiger partial charge in [0.1, 0.15) is 5.69 Å². The number of aryl methyl sites for hydroxylation is 1. The second kappa shape index (κ2) is 3.61. The Labute approximate surface area is 86.6 Å². The summed E-state index contributed by atoms with van der Waals surface area (Å²) in [5.41, 5.74) is 1.25. The van der Waals surface area contributed by atoms with Crippen molar-refractivity contribution >= 4 is 5.97 Å². The summed E-state index contributed by atoms with van der Waals surface area (Å²) in [6, 6.07) is 3.30.